The van der Waals surface area contributed by atoms with Crippen molar-refractivity contribution in [3.8, 4) is 11.1 Å². The normalized spacial score (nSPS) is 12.9. The summed E-state index contributed by atoms with van der Waals surface area (Å²) < 4.78 is 0. The van der Waals surface area contributed by atoms with E-state index in [4.69, 9.17) is 23.2 Å². The smallest absolute Gasteiger partial charge is 0.0833 e. The van der Waals surface area contributed by atoms with E-state index in [9.17, 15) is 0 Å². The molecule has 0 aliphatic heterocycles. The summed E-state index contributed by atoms with van der Waals surface area (Å²) in [6.45, 7) is 27.0. The van der Waals surface area contributed by atoms with Gasteiger partial charge in [-0.2, -0.15) is 0 Å². The molecule has 0 N–H and O–H groups in total. The lowest BCUT2D eigenvalue weighted by Gasteiger charge is -2.30. The number of nitrogens with zero attached hydrogens (tertiary/aromatic N) is 1. The van der Waals surface area contributed by atoms with Crippen molar-refractivity contribution in [2.24, 2.45) is 0 Å². The van der Waals surface area contributed by atoms with Crippen LogP contribution < -0.4 is 4.90 Å². The Morgan fingerprint density at radius 2 is 0.767 bits per heavy atom. The van der Waals surface area contributed by atoms with Gasteiger partial charge in [-0.05, 0) is 91.4 Å². The fraction of sp³-hybridized carbons (Fsp3) is 0.400. The van der Waals surface area contributed by atoms with Crippen LogP contribution in [0.1, 0.15) is 105 Å². The summed E-state index contributed by atoms with van der Waals surface area (Å²) in [5.41, 5.74) is 10.4. The highest BCUT2D eigenvalue weighted by atomic mass is 35.5. The molecule has 1 nitrogen and oxygen atoms in total. The SMILES string of the molecule is CC(C)(C)c1ccc(N(c2ccc(C(C)(C)C)cc2)c2cc(-c3cc(C(C)(C)C)cc(C(C)(C)C)c3)cc(Cl)c2Cl)cc1. The van der Waals surface area contributed by atoms with E-state index in [1.165, 1.54) is 22.3 Å². The Balaban J connectivity index is 1.97. The van der Waals surface area contributed by atoms with Crippen LogP contribution in [0.2, 0.25) is 10.0 Å². The number of halogens is 2. The molecule has 4 aromatic rings. The van der Waals surface area contributed by atoms with E-state index in [0.717, 1.165) is 28.2 Å². The summed E-state index contributed by atoms with van der Waals surface area (Å²) in [5, 5.41) is 1.07. The van der Waals surface area contributed by atoms with E-state index in [1.807, 2.05) is 6.07 Å². The van der Waals surface area contributed by atoms with Crippen LogP contribution in [-0.4, -0.2) is 0 Å². The molecule has 0 aliphatic carbocycles. The van der Waals surface area contributed by atoms with Crippen molar-refractivity contribution in [1.82, 2.24) is 0 Å². The summed E-state index contributed by atoms with van der Waals surface area (Å²) in [6.07, 6.45) is 0. The van der Waals surface area contributed by atoms with E-state index in [1.54, 1.807) is 0 Å². The van der Waals surface area contributed by atoms with Crippen LogP contribution >= 0.6 is 23.2 Å². The van der Waals surface area contributed by atoms with E-state index in [0.29, 0.717) is 10.0 Å². The maximum atomic E-state index is 7.09. The Kier molecular flexibility index (Phi) is 8.98. The minimum Gasteiger partial charge on any atom is -0.309 e. The summed E-state index contributed by atoms with van der Waals surface area (Å²) in [4.78, 5) is 2.23. The third-order valence-electron chi connectivity index (χ3n) is 8.23. The average Bonchev–Trinajstić information content (AvgIpc) is 2.89. The van der Waals surface area contributed by atoms with Gasteiger partial charge in [0.15, 0.2) is 0 Å². The molecule has 0 saturated carbocycles. The molecule has 4 aromatic carbocycles. The molecule has 0 fully saturated rings. The zero-order valence-corrected chi connectivity index (χ0v) is 29.7. The first kappa shape index (κ1) is 33.2. The van der Waals surface area contributed by atoms with Gasteiger partial charge in [0.25, 0.3) is 0 Å². The molecule has 0 spiro atoms. The van der Waals surface area contributed by atoms with Gasteiger partial charge in [-0.1, -0.05) is 149 Å². The molecule has 0 radical (unpaired) electrons. The quantitative estimate of drug-likeness (QED) is 0.221. The molecule has 0 atom stereocenters. The molecule has 0 bridgehead atoms. The maximum Gasteiger partial charge on any atom is 0.0833 e. The fourth-order valence-electron chi connectivity index (χ4n) is 5.21. The zero-order valence-electron chi connectivity index (χ0n) is 28.2. The monoisotopic (exact) mass is 613 g/mol. The summed E-state index contributed by atoms with van der Waals surface area (Å²) in [7, 11) is 0. The molecule has 228 valence electrons. The number of hydrogen-bond donors (Lipinski definition) is 0. The molecular formula is C40H49Cl2N. The Morgan fingerprint density at radius 1 is 0.419 bits per heavy atom. The number of anilines is 3. The minimum absolute atomic E-state index is 0.00466. The lowest BCUT2D eigenvalue weighted by atomic mass is 9.79. The molecule has 4 rings (SSSR count). The molecule has 0 aromatic heterocycles. The lowest BCUT2D eigenvalue weighted by Crippen LogP contribution is -2.16. The Labute approximate surface area is 271 Å². The number of benzene rings is 4. The first-order valence-corrected chi connectivity index (χ1v) is 16.1. The van der Waals surface area contributed by atoms with Gasteiger partial charge in [0, 0.05) is 11.4 Å². The first-order valence-electron chi connectivity index (χ1n) is 15.3. The van der Waals surface area contributed by atoms with E-state index in [2.05, 4.69) is 161 Å². The first-order chi connectivity index (χ1) is 19.7. The second-order valence-electron chi connectivity index (χ2n) is 16.0. The molecule has 0 heterocycles. The maximum absolute atomic E-state index is 7.09. The summed E-state index contributed by atoms with van der Waals surface area (Å²) in [6, 6.07) is 28.8. The standard InChI is InChI=1S/C40H49Cl2N/c1-37(2,3)28-13-17-32(18-14-28)43(33-19-15-29(16-20-33)38(4,5)6)35-24-27(23-34(41)36(35)42)26-21-30(39(7,8)9)25-31(22-26)40(10,11)12/h13-25H,1-12H3. The van der Waals surface area contributed by atoms with Gasteiger partial charge in [0.05, 0.1) is 15.7 Å². The molecule has 3 heteroatoms. The van der Waals surface area contributed by atoms with Crippen LogP contribution in [0.4, 0.5) is 17.1 Å². The average molecular weight is 615 g/mol. The van der Waals surface area contributed by atoms with Crippen LogP contribution in [0.3, 0.4) is 0 Å². The lowest BCUT2D eigenvalue weighted by molar-refractivity contribution is 0.569. The molecule has 0 saturated heterocycles. The van der Waals surface area contributed by atoms with Gasteiger partial charge in [0.1, 0.15) is 0 Å². The fourth-order valence-corrected chi connectivity index (χ4v) is 5.62. The van der Waals surface area contributed by atoms with Crippen LogP contribution in [0, 0.1) is 0 Å². The predicted molar refractivity (Wildman–Crippen MR) is 191 cm³/mol. The van der Waals surface area contributed by atoms with E-state index >= 15 is 0 Å². The van der Waals surface area contributed by atoms with Crippen molar-refractivity contribution in [3.05, 3.63) is 111 Å². The van der Waals surface area contributed by atoms with Gasteiger partial charge in [-0.15, -0.1) is 0 Å². The van der Waals surface area contributed by atoms with Gasteiger partial charge < -0.3 is 4.90 Å². The van der Waals surface area contributed by atoms with Crippen molar-refractivity contribution >= 4 is 40.3 Å². The number of rotatable bonds is 4. The van der Waals surface area contributed by atoms with Gasteiger partial charge in [0.2, 0.25) is 0 Å². The molecule has 0 unspecified atom stereocenters. The van der Waals surface area contributed by atoms with Crippen LogP contribution in [0.25, 0.3) is 11.1 Å². The second kappa shape index (κ2) is 11.6. The highest BCUT2D eigenvalue weighted by Gasteiger charge is 2.24. The van der Waals surface area contributed by atoms with E-state index < -0.39 is 0 Å². The third kappa shape index (κ3) is 7.50. The highest BCUT2D eigenvalue weighted by molar-refractivity contribution is 6.44. The predicted octanol–water partition coefficient (Wildman–Crippen LogP) is 13.3. The Morgan fingerprint density at radius 3 is 1.12 bits per heavy atom. The molecule has 0 amide bonds. The van der Waals surface area contributed by atoms with Crippen molar-refractivity contribution in [1.29, 1.82) is 0 Å². The Bertz CT molecular complexity index is 1490. The van der Waals surface area contributed by atoms with Crippen LogP contribution in [-0.2, 0) is 21.7 Å². The molecular weight excluding hydrogens is 565 g/mol. The van der Waals surface area contributed by atoms with Crippen LogP contribution in [0.15, 0.2) is 78.9 Å². The van der Waals surface area contributed by atoms with Crippen molar-refractivity contribution in [2.45, 2.75) is 105 Å². The molecule has 43 heavy (non-hydrogen) atoms. The third-order valence-corrected chi connectivity index (χ3v) is 9.02. The summed E-state index contributed by atoms with van der Waals surface area (Å²) >= 11 is 14.0. The van der Waals surface area contributed by atoms with Crippen molar-refractivity contribution < 1.29 is 0 Å². The largest absolute Gasteiger partial charge is 0.309 e. The molecule has 0 aliphatic rings. The number of hydrogen-bond acceptors (Lipinski definition) is 1. The zero-order chi connectivity index (χ0) is 32.1. The van der Waals surface area contributed by atoms with Crippen molar-refractivity contribution in [2.75, 3.05) is 4.90 Å². The van der Waals surface area contributed by atoms with Crippen molar-refractivity contribution in [3.63, 3.8) is 0 Å². The van der Waals surface area contributed by atoms with E-state index in [-0.39, 0.29) is 21.7 Å². The second-order valence-corrected chi connectivity index (χ2v) is 16.8. The van der Waals surface area contributed by atoms with Gasteiger partial charge in [-0.3, -0.25) is 0 Å². The topological polar surface area (TPSA) is 3.24 Å². The van der Waals surface area contributed by atoms with Gasteiger partial charge >= 0.3 is 0 Å². The van der Waals surface area contributed by atoms with Gasteiger partial charge in [-0.25, -0.2) is 0 Å². The highest BCUT2D eigenvalue weighted by Crippen LogP contribution is 2.45. The Hall–Kier alpha value is -2.74. The van der Waals surface area contributed by atoms with Crippen LogP contribution in [0.5, 0.6) is 0 Å². The summed E-state index contributed by atoms with van der Waals surface area (Å²) in [5.74, 6) is 0. The minimum atomic E-state index is 0.00466.